The molecule has 1 aromatic heterocycles. The lowest BCUT2D eigenvalue weighted by molar-refractivity contribution is -0.116. The van der Waals surface area contributed by atoms with Gasteiger partial charge < -0.3 is 5.32 Å². The molecule has 2 N–H and O–H groups in total. The minimum atomic E-state index is -3.70. The van der Waals surface area contributed by atoms with Crippen LogP contribution in [0.4, 0.5) is 5.69 Å². The Bertz CT molecular complexity index is 1170. The molecule has 6 nitrogen and oxygen atoms in total. The highest BCUT2D eigenvalue weighted by Gasteiger charge is 2.22. The number of thiazole rings is 1. The van der Waals surface area contributed by atoms with E-state index >= 15 is 0 Å². The Hall–Kier alpha value is -2.29. The highest BCUT2D eigenvalue weighted by Crippen LogP contribution is 2.26. The fourth-order valence-corrected chi connectivity index (χ4v) is 5.81. The van der Waals surface area contributed by atoms with Crippen molar-refractivity contribution in [2.75, 3.05) is 11.9 Å². The number of nitrogens with one attached hydrogen (secondary N) is 2. The smallest absolute Gasteiger partial charge is 0.241 e. The second-order valence-electron chi connectivity index (χ2n) is 7.20. The van der Waals surface area contributed by atoms with Gasteiger partial charge >= 0.3 is 0 Å². The second-order valence-corrected chi connectivity index (χ2v) is 10.1. The van der Waals surface area contributed by atoms with E-state index in [1.54, 1.807) is 31.3 Å². The number of sulfonamides is 1. The van der Waals surface area contributed by atoms with Crippen LogP contribution in [0.2, 0.25) is 0 Å². The van der Waals surface area contributed by atoms with Gasteiger partial charge in [-0.15, -0.1) is 11.3 Å². The van der Waals surface area contributed by atoms with Gasteiger partial charge in [-0.3, -0.25) is 4.79 Å². The zero-order valence-corrected chi connectivity index (χ0v) is 18.8. The molecule has 0 saturated heterocycles. The van der Waals surface area contributed by atoms with Crippen LogP contribution in [0.3, 0.4) is 0 Å². The maximum absolute atomic E-state index is 12.8. The van der Waals surface area contributed by atoms with Crippen LogP contribution >= 0.6 is 11.3 Å². The van der Waals surface area contributed by atoms with Gasteiger partial charge in [0, 0.05) is 18.7 Å². The molecule has 0 radical (unpaired) electrons. The lowest BCUT2D eigenvalue weighted by Crippen LogP contribution is -2.29. The van der Waals surface area contributed by atoms with Crippen molar-refractivity contribution in [1.82, 2.24) is 9.71 Å². The largest absolute Gasteiger partial charge is 0.326 e. The third-order valence-corrected chi connectivity index (χ3v) is 7.66. The fraction of sp³-hybridized carbons (Fsp3) is 0.333. The van der Waals surface area contributed by atoms with Crippen LogP contribution in [0.25, 0.3) is 10.2 Å². The van der Waals surface area contributed by atoms with Gasteiger partial charge in [-0.1, -0.05) is 6.07 Å². The number of carbonyl (C=O) groups is 1. The fourth-order valence-electron chi connectivity index (χ4n) is 3.30. The predicted molar refractivity (Wildman–Crippen MR) is 118 cm³/mol. The summed E-state index contributed by atoms with van der Waals surface area (Å²) in [6.45, 7) is 9.38. The van der Waals surface area contributed by atoms with E-state index in [-0.39, 0.29) is 18.9 Å². The van der Waals surface area contributed by atoms with Crippen LogP contribution in [0.5, 0.6) is 0 Å². The Morgan fingerprint density at radius 3 is 2.34 bits per heavy atom. The van der Waals surface area contributed by atoms with Gasteiger partial charge in [0.25, 0.3) is 0 Å². The van der Waals surface area contributed by atoms with Gasteiger partial charge in [0.05, 0.1) is 20.1 Å². The third-order valence-electron chi connectivity index (χ3n) is 4.99. The maximum Gasteiger partial charge on any atom is 0.241 e. The molecule has 0 aliphatic carbocycles. The minimum absolute atomic E-state index is 0.0297. The van der Waals surface area contributed by atoms with E-state index in [1.165, 1.54) is 0 Å². The van der Waals surface area contributed by atoms with Crippen molar-refractivity contribution in [3.05, 3.63) is 51.5 Å². The molecule has 1 amide bonds. The van der Waals surface area contributed by atoms with Crippen LogP contribution in [-0.4, -0.2) is 25.9 Å². The molecular weight excluding hydrogens is 406 g/mol. The van der Waals surface area contributed by atoms with E-state index in [2.05, 4.69) is 15.0 Å². The average Bonchev–Trinajstić information content (AvgIpc) is 2.99. The summed E-state index contributed by atoms with van der Waals surface area (Å²) in [5.41, 5.74) is 4.91. The summed E-state index contributed by atoms with van der Waals surface area (Å²) < 4.78 is 29.2. The van der Waals surface area contributed by atoms with E-state index < -0.39 is 10.0 Å². The second kappa shape index (κ2) is 8.22. The molecule has 0 unspecified atom stereocenters. The molecule has 29 heavy (non-hydrogen) atoms. The zero-order valence-electron chi connectivity index (χ0n) is 17.2. The van der Waals surface area contributed by atoms with Crippen molar-refractivity contribution < 1.29 is 13.2 Å². The molecule has 154 valence electrons. The minimum Gasteiger partial charge on any atom is -0.326 e. The molecule has 0 spiro atoms. The number of fused-ring (bicyclic) bond motifs is 1. The number of benzene rings is 2. The maximum atomic E-state index is 12.8. The highest BCUT2D eigenvalue weighted by molar-refractivity contribution is 7.89. The SMILES string of the molecule is Cc1nc2ccc(NC(=O)CCNS(=O)(=O)c3c(C)c(C)cc(C)c3C)cc2s1. The van der Waals surface area contributed by atoms with Crippen molar-refractivity contribution >= 4 is 43.2 Å². The predicted octanol–water partition coefficient (Wildman–Crippen LogP) is 4.15. The quantitative estimate of drug-likeness (QED) is 0.614. The summed E-state index contributed by atoms with van der Waals surface area (Å²) in [6, 6.07) is 7.53. The molecule has 1 heterocycles. The number of aryl methyl sites for hydroxylation is 3. The molecule has 2 aromatic carbocycles. The first-order chi connectivity index (χ1) is 13.6. The van der Waals surface area contributed by atoms with Crippen molar-refractivity contribution in [1.29, 1.82) is 0 Å². The van der Waals surface area contributed by atoms with Crippen molar-refractivity contribution in [3.8, 4) is 0 Å². The highest BCUT2D eigenvalue weighted by atomic mass is 32.2. The van der Waals surface area contributed by atoms with Crippen LogP contribution in [0.1, 0.15) is 33.7 Å². The normalized spacial score (nSPS) is 11.8. The number of anilines is 1. The molecule has 0 bridgehead atoms. The van der Waals surface area contributed by atoms with Crippen LogP contribution in [0, 0.1) is 34.6 Å². The topological polar surface area (TPSA) is 88.2 Å². The Kier molecular flexibility index (Phi) is 6.07. The monoisotopic (exact) mass is 431 g/mol. The third kappa shape index (κ3) is 4.66. The van der Waals surface area contributed by atoms with E-state index in [0.29, 0.717) is 10.6 Å². The molecule has 8 heteroatoms. The molecule has 3 aromatic rings. The lowest BCUT2D eigenvalue weighted by Gasteiger charge is -2.16. The molecule has 0 fully saturated rings. The molecule has 0 aliphatic heterocycles. The van der Waals surface area contributed by atoms with Gasteiger partial charge in [0.1, 0.15) is 0 Å². The van der Waals surface area contributed by atoms with Gasteiger partial charge in [-0.2, -0.15) is 0 Å². The number of amides is 1. The Balaban J connectivity index is 1.65. The molecule has 3 rings (SSSR count). The number of aromatic nitrogens is 1. The average molecular weight is 432 g/mol. The zero-order chi connectivity index (χ0) is 21.3. The van der Waals surface area contributed by atoms with E-state index in [4.69, 9.17) is 0 Å². The molecular formula is C21H25N3O3S2. The van der Waals surface area contributed by atoms with Gasteiger partial charge in [-0.25, -0.2) is 18.1 Å². The Labute approximate surface area is 175 Å². The van der Waals surface area contributed by atoms with Crippen LogP contribution in [0.15, 0.2) is 29.2 Å². The number of hydrogen-bond donors (Lipinski definition) is 2. The van der Waals surface area contributed by atoms with E-state index in [9.17, 15) is 13.2 Å². The first-order valence-corrected chi connectivity index (χ1v) is 11.6. The first kappa shape index (κ1) is 21.4. The summed E-state index contributed by atoms with van der Waals surface area (Å²) in [5.74, 6) is -0.248. The number of rotatable bonds is 6. The van der Waals surface area contributed by atoms with Gasteiger partial charge in [0.15, 0.2) is 0 Å². The van der Waals surface area contributed by atoms with Gasteiger partial charge in [-0.05, 0) is 75.1 Å². The summed E-state index contributed by atoms with van der Waals surface area (Å²) in [7, 11) is -3.70. The molecule has 0 saturated carbocycles. The number of nitrogens with zero attached hydrogens (tertiary/aromatic N) is 1. The lowest BCUT2D eigenvalue weighted by atomic mass is 10.0. The Morgan fingerprint density at radius 1 is 1.03 bits per heavy atom. The number of carbonyl (C=O) groups excluding carboxylic acids is 1. The summed E-state index contributed by atoms with van der Waals surface area (Å²) >= 11 is 1.56. The van der Waals surface area contributed by atoms with Crippen molar-refractivity contribution in [2.24, 2.45) is 0 Å². The summed E-state index contributed by atoms with van der Waals surface area (Å²) in [4.78, 5) is 17.0. The number of hydrogen-bond acceptors (Lipinski definition) is 5. The summed E-state index contributed by atoms with van der Waals surface area (Å²) in [5, 5.41) is 3.78. The van der Waals surface area contributed by atoms with E-state index in [0.717, 1.165) is 37.5 Å². The van der Waals surface area contributed by atoms with Crippen molar-refractivity contribution in [2.45, 2.75) is 45.9 Å². The Morgan fingerprint density at radius 2 is 1.69 bits per heavy atom. The standard InChI is InChI=1S/C21H25N3O3S2/c1-12-10-13(2)15(4)21(14(12)3)29(26,27)22-9-8-20(25)24-17-6-7-18-19(11-17)28-16(5)23-18/h6-7,10-11,22H,8-9H2,1-5H3,(H,24,25). The van der Waals surface area contributed by atoms with Gasteiger partial charge in [0.2, 0.25) is 15.9 Å². The molecule has 0 atom stereocenters. The van der Waals surface area contributed by atoms with Crippen LogP contribution in [-0.2, 0) is 14.8 Å². The van der Waals surface area contributed by atoms with Crippen LogP contribution < -0.4 is 10.0 Å². The summed E-state index contributed by atoms with van der Waals surface area (Å²) in [6.07, 6.45) is 0.0435. The van der Waals surface area contributed by atoms with E-state index in [1.807, 2.05) is 39.0 Å². The molecule has 0 aliphatic rings. The first-order valence-electron chi connectivity index (χ1n) is 9.32. The van der Waals surface area contributed by atoms with Crippen molar-refractivity contribution in [3.63, 3.8) is 0 Å².